The zero-order chi connectivity index (χ0) is 16.3. The molecular formula is C15H16BrNO5. The normalized spacial score (nSPS) is 10.7. The van der Waals surface area contributed by atoms with Crippen LogP contribution in [0.25, 0.3) is 10.9 Å². The number of fused-ring (bicyclic) bond motifs is 1. The summed E-state index contributed by atoms with van der Waals surface area (Å²) in [5, 5.41) is 0.409. The molecule has 0 aliphatic heterocycles. The van der Waals surface area contributed by atoms with Crippen molar-refractivity contribution in [1.29, 1.82) is 0 Å². The molecule has 0 unspecified atom stereocenters. The predicted octanol–water partition coefficient (Wildman–Crippen LogP) is 2.21. The van der Waals surface area contributed by atoms with Gasteiger partial charge in [-0.1, -0.05) is 0 Å². The van der Waals surface area contributed by atoms with Crippen LogP contribution in [0.5, 0.6) is 5.75 Å². The molecule has 0 atom stereocenters. The fourth-order valence-electron chi connectivity index (χ4n) is 2.18. The monoisotopic (exact) mass is 369 g/mol. The lowest BCUT2D eigenvalue weighted by molar-refractivity contribution is 0.0598. The van der Waals surface area contributed by atoms with Crippen molar-refractivity contribution in [2.24, 2.45) is 0 Å². The minimum atomic E-state index is -0.662. The Hall–Kier alpha value is -1.86. The molecule has 22 heavy (non-hydrogen) atoms. The van der Waals surface area contributed by atoms with Gasteiger partial charge >= 0.3 is 5.97 Å². The van der Waals surface area contributed by atoms with E-state index in [1.807, 2.05) is 0 Å². The second-order valence-electron chi connectivity index (χ2n) is 4.55. The summed E-state index contributed by atoms with van der Waals surface area (Å²) in [6.07, 6.45) is 1.49. The van der Waals surface area contributed by atoms with Crippen LogP contribution >= 0.6 is 15.9 Å². The van der Waals surface area contributed by atoms with E-state index in [9.17, 15) is 9.59 Å². The van der Waals surface area contributed by atoms with Crippen LogP contribution in [0.2, 0.25) is 0 Å². The maximum Gasteiger partial charge on any atom is 0.343 e. The summed E-state index contributed by atoms with van der Waals surface area (Å²) in [7, 11) is 4.38. The molecule has 2 aromatic rings. The number of carbonyl (C=O) groups excluding carboxylic acids is 1. The van der Waals surface area contributed by atoms with Gasteiger partial charge in [0.1, 0.15) is 11.3 Å². The van der Waals surface area contributed by atoms with E-state index in [1.54, 1.807) is 30.9 Å². The van der Waals surface area contributed by atoms with Crippen molar-refractivity contribution in [1.82, 2.24) is 4.57 Å². The average Bonchev–Trinajstić information content (AvgIpc) is 2.53. The van der Waals surface area contributed by atoms with Gasteiger partial charge in [0.25, 0.3) is 0 Å². The van der Waals surface area contributed by atoms with Gasteiger partial charge in [-0.3, -0.25) is 4.79 Å². The third-order valence-electron chi connectivity index (χ3n) is 3.30. The predicted molar refractivity (Wildman–Crippen MR) is 85.7 cm³/mol. The van der Waals surface area contributed by atoms with E-state index >= 15 is 0 Å². The topological polar surface area (TPSA) is 66.8 Å². The van der Waals surface area contributed by atoms with Crippen molar-refractivity contribution < 1.29 is 19.0 Å². The Balaban J connectivity index is 2.79. The maximum absolute atomic E-state index is 12.5. The molecule has 0 saturated heterocycles. The Morgan fingerprint density at radius 1 is 1.27 bits per heavy atom. The van der Waals surface area contributed by atoms with Crippen molar-refractivity contribution in [2.45, 2.75) is 6.54 Å². The number of halogens is 1. The summed E-state index contributed by atoms with van der Waals surface area (Å²) in [6.45, 7) is 0.930. The molecule has 2 rings (SSSR count). The van der Waals surface area contributed by atoms with Gasteiger partial charge in [0, 0.05) is 31.3 Å². The van der Waals surface area contributed by atoms with Crippen molar-refractivity contribution in [3.8, 4) is 5.75 Å². The molecule has 1 aromatic carbocycles. The maximum atomic E-state index is 12.5. The van der Waals surface area contributed by atoms with Crippen molar-refractivity contribution in [2.75, 3.05) is 27.9 Å². The highest BCUT2D eigenvalue weighted by atomic mass is 79.9. The molecule has 0 aliphatic carbocycles. The van der Waals surface area contributed by atoms with Gasteiger partial charge in [0.2, 0.25) is 5.43 Å². The Morgan fingerprint density at radius 2 is 2.00 bits per heavy atom. The Bertz CT molecular complexity index is 769. The first-order valence-corrected chi connectivity index (χ1v) is 7.30. The van der Waals surface area contributed by atoms with Crippen molar-refractivity contribution in [3.63, 3.8) is 0 Å². The van der Waals surface area contributed by atoms with Gasteiger partial charge < -0.3 is 18.8 Å². The number of methoxy groups -OCH3 is 3. The van der Waals surface area contributed by atoms with Gasteiger partial charge in [0.15, 0.2) is 0 Å². The van der Waals surface area contributed by atoms with Gasteiger partial charge in [-0.2, -0.15) is 0 Å². The zero-order valence-electron chi connectivity index (χ0n) is 12.5. The molecule has 1 heterocycles. The lowest BCUT2D eigenvalue weighted by Crippen LogP contribution is -2.21. The second kappa shape index (κ2) is 6.93. The summed E-state index contributed by atoms with van der Waals surface area (Å²) < 4.78 is 17.4. The molecule has 0 N–H and O–H groups in total. The molecule has 0 amide bonds. The van der Waals surface area contributed by atoms with Crippen LogP contribution in [0.1, 0.15) is 10.4 Å². The number of benzene rings is 1. The summed E-state index contributed by atoms with van der Waals surface area (Å²) in [6, 6.07) is 3.39. The van der Waals surface area contributed by atoms with Gasteiger partial charge in [-0.05, 0) is 22.0 Å². The van der Waals surface area contributed by atoms with E-state index in [4.69, 9.17) is 9.47 Å². The van der Waals surface area contributed by atoms with Gasteiger partial charge in [0.05, 0.1) is 30.8 Å². The summed E-state index contributed by atoms with van der Waals surface area (Å²) >= 11 is 3.35. The number of hydrogen-bond acceptors (Lipinski definition) is 5. The number of aromatic nitrogens is 1. The fourth-order valence-corrected chi connectivity index (χ4v) is 2.68. The highest BCUT2D eigenvalue weighted by molar-refractivity contribution is 9.10. The first kappa shape index (κ1) is 16.5. The minimum Gasteiger partial charge on any atom is -0.495 e. The Kier molecular flexibility index (Phi) is 5.20. The van der Waals surface area contributed by atoms with Crippen LogP contribution in [-0.4, -0.2) is 38.5 Å². The zero-order valence-corrected chi connectivity index (χ0v) is 14.1. The molecule has 0 saturated carbocycles. The summed E-state index contributed by atoms with van der Waals surface area (Å²) in [5.41, 5.74) is 0.275. The van der Waals surface area contributed by atoms with E-state index in [2.05, 4.69) is 20.7 Å². The van der Waals surface area contributed by atoms with Crippen molar-refractivity contribution >= 4 is 32.8 Å². The van der Waals surface area contributed by atoms with E-state index < -0.39 is 5.97 Å². The molecule has 0 radical (unpaired) electrons. The van der Waals surface area contributed by atoms with Gasteiger partial charge in [-0.15, -0.1) is 0 Å². The van der Waals surface area contributed by atoms with Crippen LogP contribution in [0, 0.1) is 0 Å². The van der Waals surface area contributed by atoms with Crippen LogP contribution in [0.15, 0.2) is 27.6 Å². The standard InChI is InChI=1S/C15H16BrNO5/c1-20-5-4-17-8-10(15(19)22-3)14(18)9-6-11(16)13(21-2)7-12(9)17/h6-8H,4-5H2,1-3H3. The van der Waals surface area contributed by atoms with E-state index in [-0.39, 0.29) is 11.0 Å². The first-order valence-electron chi connectivity index (χ1n) is 6.51. The third kappa shape index (κ3) is 3.00. The average molecular weight is 370 g/mol. The largest absolute Gasteiger partial charge is 0.495 e. The molecule has 1 aromatic heterocycles. The number of ether oxygens (including phenoxy) is 3. The molecule has 118 valence electrons. The quantitative estimate of drug-likeness (QED) is 0.755. The number of pyridine rings is 1. The molecule has 0 fully saturated rings. The van der Waals surface area contributed by atoms with Crippen LogP contribution in [0.3, 0.4) is 0 Å². The molecule has 0 bridgehead atoms. The number of esters is 1. The fraction of sp³-hybridized carbons (Fsp3) is 0.333. The van der Waals surface area contributed by atoms with E-state index in [0.717, 1.165) is 0 Å². The molecule has 7 heteroatoms. The minimum absolute atomic E-state index is 0.0110. The summed E-state index contributed by atoms with van der Waals surface area (Å²) in [4.78, 5) is 24.3. The third-order valence-corrected chi connectivity index (χ3v) is 3.92. The van der Waals surface area contributed by atoms with Crippen molar-refractivity contribution in [3.05, 3.63) is 38.6 Å². The molecular weight excluding hydrogens is 354 g/mol. The molecule has 0 aliphatic rings. The molecule has 0 spiro atoms. The molecule has 6 nitrogen and oxygen atoms in total. The second-order valence-corrected chi connectivity index (χ2v) is 5.41. The number of rotatable bonds is 5. The number of nitrogens with zero attached hydrogens (tertiary/aromatic N) is 1. The highest BCUT2D eigenvalue weighted by Gasteiger charge is 2.17. The Morgan fingerprint density at radius 3 is 2.59 bits per heavy atom. The van der Waals surface area contributed by atoms with E-state index in [1.165, 1.54) is 13.3 Å². The van der Waals surface area contributed by atoms with E-state index in [0.29, 0.717) is 34.3 Å². The van der Waals surface area contributed by atoms with Gasteiger partial charge in [-0.25, -0.2) is 4.79 Å². The Labute approximate surface area is 135 Å². The lowest BCUT2D eigenvalue weighted by Gasteiger charge is -2.14. The highest BCUT2D eigenvalue weighted by Crippen LogP contribution is 2.29. The number of hydrogen-bond donors (Lipinski definition) is 0. The number of carbonyl (C=O) groups is 1. The van der Waals surface area contributed by atoms with Crippen LogP contribution < -0.4 is 10.2 Å². The smallest absolute Gasteiger partial charge is 0.343 e. The van der Waals surface area contributed by atoms with Crippen LogP contribution in [-0.2, 0) is 16.0 Å². The first-order chi connectivity index (χ1) is 10.5. The lowest BCUT2D eigenvalue weighted by atomic mass is 10.1. The SMILES string of the molecule is COCCn1cc(C(=O)OC)c(=O)c2cc(Br)c(OC)cc21. The summed E-state index contributed by atoms with van der Waals surface area (Å²) in [5.74, 6) is -0.0612. The van der Waals surface area contributed by atoms with Crippen LogP contribution in [0.4, 0.5) is 0 Å².